The Bertz CT molecular complexity index is 1150. The molecule has 0 fully saturated rings. The van der Waals surface area contributed by atoms with E-state index in [2.05, 4.69) is 31.9 Å². The number of nitrogens with one attached hydrogen (secondary N) is 2. The van der Waals surface area contributed by atoms with E-state index in [4.69, 9.17) is 0 Å². The van der Waals surface area contributed by atoms with Crippen LogP contribution in [0.5, 0.6) is 0 Å². The molecule has 0 unspecified atom stereocenters. The van der Waals surface area contributed by atoms with E-state index in [0.29, 0.717) is 17.1 Å². The van der Waals surface area contributed by atoms with Crippen LogP contribution in [0.3, 0.4) is 0 Å². The minimum Gasteiger partial charge on any atom is -0.361 e. The largest absolute Gasteiger partial charge is 0.416 e. The summed E-state index contributed by atoms with van der Waals surface area (Å²) in [4.78, 5) is 4.61. The Morgan fingerprint density at radius 2 is 1.97 bits per heavy atom. The molecule has 1 aliphatic heterocycles. The van der Waals surface area contributed by atoms with Crippen LogP contribution in [-0.4, -0.2) is 28.3 Å². The Balaban J connectivity index is 1.73. The summed E-state index contributed by atoms with van der Waals surface area (Å²) in [5.41, 5.74) is 3.81. The molecule has 1 atom stereocenters. The second-order valence-corrected chi connectivity index (χ2v) is 7.82. The molecule has 2 N–H and O–H groups in total. The smallest absolute Gasteiger partial charge is 0.361 e. The number of hydrogen-bond acceptors (Lipinski definition) is 5. The fourth-order valence-electron chi connectivity index (χ4n) is 4.04. The molecule has 2 aromatic heterocycles. The molecule has 1 aliphatic rings. The first kappa shape index (κ1) is 21.2. The average Bonchev–Trinajstić information content (AvgIpc) is 2.75. The van der Waals surface area contributed by atoms with Gasteiger partial charge in [0.15, 0.2) is 5.82 Å². The van der Waals surface area contributed by atoms with Gasteiger partial charge < -0.3 is 10.6 Å². The average molecular weight is 427 g/mol. The van der Waals surface area contributed by atoms with E-state index in [1.165, 1.54) is 18.6 Å². The lowest BCUT2D eigenvalue weighted by Gasteiger charge is -2.21. The number of fused-ring (bicyclic) bond motifs is 1. The van der Waals surface area contributed by atoms with E-state index >= 15 is 0 Å². The van der Waals surface area contributed by atoms with Gasteiger partial charge in [-0.3, -0.25) is 4.98 Å². The van der Waals surface area contributed by atoms with Gasteiger partial charge in [0, 0.05) is 18.1 Å². The monoisotopic (exact) mass is 427 g/mol. The van der Waals surface area contributed by atoms with E-state index < -0.39 is 17.8 Å². The predicted molar refractivity (Wildman–Crippen MR) is 116 cm³/mol. The second kappa shape index (κ2) is 8.26. The lowest BCUT2D eigenvalue weighted by Crippen LogP contribution is -2.20. The molecule has 162 valence electrons. The molecule has 0 saturated heterocycles. The molecule has 4 rings (SSSR count). The van der Waals surface area contributed by atoms with Gasteiger partial charge in [-0.2, -0.15) is 18.3 Å². The Morgan fingerprint density at radius 1 is 1.16 bits per heavy atom. The molecule has 0 radical (unpaired) electrons. The van der Waals surface area contributed by atoms with E-state index in [9.17, 15) is 13.2 Å². The zero-order valence-electron chi connectivity index (χ0n) is 17.6. The van der Waals surface area contributed by atoms with Crippen LogP contribution in [0, 0.1) is 13.8 Å². The molecular formula is C23H24F3N5. The third-order valence-electron chi connectivity index (χ3n) is 5.72. The SMILES string of the molecule is Cc1c([C@@H](C)Nc2nnc(C)c3ncc(C4=CCNCC4)cc23)cccc1C(F)(F)F. The number of alkyl halides is 3. The van der Waals surface area contributed by atoms with Crippen LogP contribution in [0.15, 0.2) is 36.5 Å². The molecule has 0 amide bonds. The Kier molecular flexibility index (Phi) is 5.66. The van der Waals surface area contributed by atoms with Crippen molar-refractivity contribution in [3.8, 4) is 0 Å². The summed E-state index contributed by atoms with van der Waals surface area (Å²) in [6, 6.07) is 5.88. The number of anilines is 1. The summed E-state index contributed by atoms with van der Waals surface area (Å²) in [5, 5.41) is 15.9. The van der Waals surface area contributed by atoms with Crippen LogP contribution in [0.1, 0.15) is 47.3 Å². The summed E-state index contributed by atoms with van der Waals surface area (Å²) < 4.78 is 40.0. The third-order valence-corrected chi connectivity index (χ3v) is 5.72. The van der Waals surface area contributed by atoms with Gasteiger partial charge in [-0.1, -0.05) is 18.2 Å². The third kappa shape index (κ3) is 4.25. The number of hydrogen-bond donors (Lipinski definition) is 2. The first-order valence-electron chi connectivity index (χ1n) is 10.2. The van der Waals surface area contributed by atoms with Gasteiger partial charge in [0.25, 0.3) is 0 Å². The van der Waals surface area contributed by atoms with Gasteiger partial charge >= 0.3 is 6.18 Å². The molecule has 3 heterocycles. The van der Waals surface area contributed by atoms with Crippen LogP contribution < -0.4 is 10.6 Å². The summed E-state index contributed by atoms with van der Waals surface area (Å²) in [5.74, 6) is 0.508. The maximum absolute atomic E-state index is 13.3. The summed E-state index contributed by atoms with van der Waals surface area (Å²) in [6.07, 6.45) is 0.513. The fourth-order valence-corrected chi connectivity index (χ4v) is 4.04. The molecule has 8 heteroatoms. The highest BCUT2D eigenvalue weighted by molar-refractivity contribution is 5.92. The molecule has 0 bridgehead atoms. The van der Waals surface area contributed by atoms with Gasteiger partial charge in [-0.25, -0.2) is 0 Å². The van der Waals surface area contributed by atoms with Crippen molar-refractivity contribution in [2.75, 3.05) is 18.4 Å². The Labute approximate surface area is 178 Å². The fraction of sp³-hybridized carbons (Fsp3) is 0.348. The predicted octanol–water partition coefficient (Wildman–Crippen LogP) is 5.21. The van der Waals surface area contributed by atoms with E-state index in [1.54, 1.807) is 6.07 Å². The highest BCUT2D eigenvalue weighted by atomic mass is 19.4. The van der Waals surface area contributed by atoms with Crippen molar-refractivity contribution in [3.05, 3.63) is 64.5 Å². The molecule has 0 aliphatic carbocycles. The number of nitrogens with zero attached hydrogens (tertiary/aromatic N) is 3. The van der Waals surface area contributed by atoms with Gasteiger partial charge in [-0.05, 0) is 68.1 Å². The van der Waals surface area contributed by atoms with Crippen LogP contribution in [0.25, 0.3) is 16.5 Å². The molecule has 1 aromatic carbocycles. The summed E-state index contributed by atoms with van der Waals surface area (Å²) in [6.45, 7) is 6.89. The topological polar surface area (TPSA) is 62.7 Å². The standard InChI is InChI=1S/C23H24F3N5/c1-13-18(5-4-6-20(13)23(24,25)26)14(2)29-22-19-11-17(16-7-9-27-10-8-16)12-28-21(19)15(3)30-31-22/h4-7,11-12,14,27H,8-10H2,1-3H3,(H,29,31)/t14-/m1/s1. The zero-order valence-corrected chi connectivity index (χ0v) is 17.6. The van der Waals surface area contributed by atoms with Crippen molar-refractivity contribution in [2.24, 2.45) is 0 Å². The van der Waals surface area contributed by atoms with Crippen molar-refractivity contribution in [2.45, 2.75) is 39.4 Å². The van der Waals surface area contributed by atoms with Crippen molar-refractivity contribution in [1.29, 1.82) is 0 Å². The molecule has 5 nitrogen and oxygen atoms in total. The number of rotatable bonds is 4. The normalized spacial score (nSPS) is 15.6. The van der Waals surface area contributed by atoms with Crippen LogP contribution in [0.2, 0.25) is 0 Å². The number of aryl methyl sites for hydroxylation is 1. The Hall–Kier alpha value is -3.00. The van der Waals surface area contributed by atoms with Gasteiger partial charge in [0.2, 0.25) is 0 Å². The van der Waals surface area contributed by atoms with Crippen molar-refractivity contribution in [1.82, 2.24) is 20.5 Å². The number of benzene rings is 1. The first-order chi connectivity index (χ1) is 14.8. The molecule has 31 heavy (non-hydrogen) atoms. The van der Waals surface area contributed by atoms with Gasteiger partial charge in [-0.15, -0.1) is 5.10 Å². The van der Waals surface area contributed by atoms with E-state index in [1.807, 2.05) is 26.1 Å². The number of aromatic nitrogens is 3. The minimum absolute atomic E-state index is 0.207. The zero-order chi connectivity index (χ0) is 22.2. The van der Waals surface area contributed by atoms with Crippen molar-refractivity contribution >= 4 is 22.3 Å². The quantitative estimate of drug-likeness (QED) is 0.599. The van der Waals surface area contributed by atoms with Crippen molar-refractivity contribution in [3.63, 3.8) is 0 Å². The Morgan fingerprint density at radius 3 is 2.68 bits per heavy atom. The molecule has 0 saturated carbocycles. The maximum Gasteiger partial charge on any atom is 0.416 e. The molecular weight excluding hydrogens is 403 g/mol. The van der Waals surface area contributed by atoms with E-state index in [-0.39, 0.29) is 5.56 Å². The lowest BCUT2D eigenvalue weighted by molar-refractivity contribution is -0.138. The van der Waals surface area contributed by atoms with Gasteiger partial charge in [0.05, 0.1) is 22.8 Å². The van der Waals surface area contributed by atoms with Crippen LogP contribution >= 0.6 is 0 Å². The highest BCUT2D eigenvalue weighted by Crippen LogP contribution is 2.35. The number of pyridine rings is 1. The summed E-state index contributed by atoms with van der Waals surface area (Å²) in [7, 11) is 0. The van der Waals surface area contributed by atoms with Crippen LogP contribution in [0.4, 0.5) is 19.0 Å². The minimum atomic E-state index is -4.39. The summed E-state index contributed by atoms with van der Waals surface area (Å²) >= 11 is 0. The van der Waals surface area contributed by atoms with Crippen LogP contribution in [-0.2, 0) is 6.18 Å². The molecule has 0 spiro atoms. The van der Waals surface area contributed by atoms with Crippen molar-refractivity contribution < 1.29 is 13.2 Å². The highest BCUT2D eigenvalue weighted by Gasteiger charge is 2.33. The first-order valence-corrected chi connectivity index (χ1v) is 10.2. The lowest BCUT2D eigenvalue weighted by atomic mass is 9.97. The van der Waals surface area contributed by atoms with Gasteiger partial charge in [0.1, 0.15) is 0 Å². The number of halogens is 3. The van der Waals surface area contributed by atoms with E-state index in [0.717, 1.165) is 42.0 Å². The molecule has 3 aromatic rings. The maximum atomic E-state index is 13.3. The second-order valence-electron chi connectivity index (χ2n) is 7.82.